The second kappa shape index (κ2) is 10.2. The van der Waals surface area contributed by atoms with Crippen molar-refractivity contribution in [1.82, 2.24) is 10.6 Å². The van der Waals surface area contributed by atoms with E-state index in [2.05, 4.69) is 41.6 Å². The van der Waals surface area contributed by atoms with E-state index in [0.29, 0.717) is 19.3 Å². The molecule has 2 N–H and O–H groups in total. The molecule has 0 saturated carbocycles. The molecule has 0 radical (unpaired) electrons. The first kappa shape index (κ1) is 18.5. The highest BCUT2D eigenvalue weighted by atomic mass is 32.1. The number of thiophene rings is 1. The molecular formula is C18H27N3O2S. The maximum absolute atomic E-state index is 5.56. The van der Waals surface area contributed by atoms with Crippen molar-refractivity contribution < 1.29 is 9.15 Å². The van der Waals surface area contributed by atoms with Crippen molar-refractivity contribution >= 4 is 17.3 Å². The molecule has 1 unspecified atom stereocenters. The second-order valence-electron chi connectivity index (χ2n) is 5.75. The maximum Gasteiger partial charge on any atom is 0.191 e. The summed E-state index contributed by atoms with van der Waals surface area (Å²) in [6.07, 6.45) is 3.58. The Bertz CT molecular complexity index is 608. The lowest BCUT2D eigenvalue weighted by Gasteiger charge is -2.17. The van der Waals surface area contributed by atoms with E-state index in [1.807, 2.05) is 23.5 Å². The second-order valence-corrected chi connectivity index (χ2v) is 7.12. The van der Waals surface area contributed by atoms with Gasteiger partial charge in [0.25, 0.3) is 0 Å². The molecule has 6 heteroatoms. The van der Waals surface area contributed by atoms with E-state index in [1.54, 1.807) is 13.3 Å². The Morgan fingerprint density at radius 3 is 2.92 bits per heavy atom. The third-order valence-corrected chi connectivity index (χ3v) is 4.52. The van der Waals surface area contributed by atoms with Gasteiger partial charge in [-0.1, -0.05) is 0 Å². The molecule has 1 atom stereocenters. The first-order valence-corrected chi connectivity index (χ1v) is 9.11. The average molecular weight is 350 g/mol. The highest BCUT2D eigenvalue weighted by Gasteiger charge is 2.07. The highest BCUT2D eigenvalue weighted by Crippen LogP contribution is 2.16. The molecule has 0 aliphatic rings. The Hall–Kier alpha value is -1.79. The number of rotatable bonds is 9. The van der Waals surface area contributed by atoms with E-state index in [9.17, 15) is 0 Å². The minimum Gasteiger partial charge on any atom is -0.467 e. The number of nitrogens with zero attached hydrogens (tertiary/aromatic N) is 1. The number of ether oxygens (including phenoxy) is 1. The Kier molecular flexibility index (Phi) is 7.85. The Balaban J connectivity index is 1.58. The van der Waals surface area contributed by atoms with Gasteiger partial charge in [0.15, 0.2) is 5.96 Å². The zero-order valence-corrected chi connectivity index (χ0v) is 15.5. The standard InChI is InChI=1S/C18H27N3O2S/c1-14(12-17-8-7-15(2)24-17)21-18(19-3)20-9-5-10-22-13-16-6-4-11-23-16/h4,6-8,11,14H,5,9-10,12-13H2,1-3H3,(H2,19,20,21). The molecule has 0 saturated heterocycles. The molecule has 0 aliphatic carbocycles. The number of guanidine groups is 1. The first-order chi connectivity index (χ1) is 11.7. The quantitative estimate of drug-likeness (QED) is 0.414. The van der Waals surface area contributed by atoms with E-state index in [1.165, 1.54) is 9.75 Å². The number of aliphatic imine (C=N–C) groups is 1. The number of aryl methyl sites for hydroxylation is 1. The van der Waals surface area contributed by atoms with Gasteiger partial charge in [-0.15, -0.1) is 11.3 Å². The molecule has 24 heavy (non-hydrogen) atoms. The van der Waals surface area contributed by atoms with Gasteiger partial charge in [0.2, 0.25) is 0 Å². The van der Waals surface area contributed by atoms with Crippen molar-refractivity contribution in [3.05, 3.63) is 46.0 Å². The average Bonchev–Trinajstić information content (AvgIpc) is 3.21. The third kappa shape index (κ3) is 6.76. The van der Waals surface area contributed by atoms with Gasteiger partial charge in [-0.05, 0) is 44.5 Å². The number of hydrogen-bond acceptors (Lipinski definition) is 4. The summed E-state index contributed by atoms with van der Waals surface area (Å²) >= 11 is 1.85. The number of nitrogens with one attached hydrogen (secondary N) is 2. The predicted molar refractivity (Wildman–Crippen MR) is 99.7 cm³/mol. The van der Waals surface area contributed by atoms with Crippen LogP contribution in [0.15, 0.2) is 39.9 Å². The Morgan fingerprint density at radius 2 is 2.25 bits per heavy atom. The van der Waals surface area contributed by atoms with Crippen LogP contribution < -0.4 is 10.6 Å². The summed E-state index contributed by atoms with van der Waals surface area (Å²) in [4.78, 5) is 7.03. The molecule has 2 heterocycles. The van der Waals surface area contributed by atoms with Crippen LogP contribution in [0.4, 0.5) is 0 Å². The number of furan rings is 1. The van der Waals surface area contributed by atoms with Crippen LogP contribution >= 0.6 is 11.3 Å². The molecule has 132 valence electrons. The van der Waals surface area contributed by atoms with Crippen LogP contribution in [0.3, 0.4) is 0 Å². The van der Waals surface area contributed by atoms with Crippen molar-refractivity contribution in [3.8, 4) is 0 Å². The topological polar surface area (TPSA) is 58.8 Å². The van der Waals surface area contributed by atoms with Crippen LogP contribution in [0.2, 0.25) is 0 Å². The zero-order valence-electron chi connectivity index (χ0n) is 14.7. The van der Waals surface area contributed by atoms with Crippen molar-refractivity contribution in [1.29, 1.82) is 0 Å². The van der Waals surface area contributed by atoms with Crippen LogP contribution in [0.25, 0.3) is 0 Å². The van der Waals surface area contributed by atoms with Crippen molar-refractivity contribution in [2.75, 3.05) is 20.2 Å². The van der Waals surface area contributed by atoms with E-state index in [-0.39, 0.29) is 0 Å². The van der Waals surface area contributed by atoms with Gasteiger partial charge in [-0.3, -0.25) is 4.99 Å². The molecule has 0 aromatic carbocycles. The molecule has 2 aromatic heterocycles. The molecule has 0 spiro atoms. The monoisotopic (exact) mass is 349 g/mol. The molecule has 0 amide bonds. The van der Waals surface area contributed by atoms with Crippen LogP contribution in [-0.4, -0.2) is 32.2 Å². The van der Waals surface area contributed by atoms with Crippen LogP contribution in [0.1, 0.15) is 28.9 Å². The molecular weight excluding hydrogens is 322 g/mol. The van der Waals surface area contributed by atoms with Crippen molar-refractivity contribution in [3.63, 3.8) is 0 Å². The lowest BCUT2D eigenvalue weighted by atomic mass is 10.2. The summed E-state index contributed by atoms with van der Waals surface area (Å²) in [5.74, 6) is 1.69. The van der Waals surface area contributed by atoms with Crippen molar-refractivity contribution in [2.24, 2.45) is 4.99 Å². The van der Waals surface area contributed by atoms with Crippen LogP contribution in [0, 0.1) is 6.92 Å². The highest BCUT2D eigenvalue weighted by molar-refractivity contribution is 7.11. The predicted octanol–water partition coefficient (Wildman–Crippen LogP) is 3.35. The normalized spacial score (nSPS) is 13.0. The fourth-order valence-corrected chi connectivity index (χ4v) is 3.34. The van der Waals surface area contributed by atoms with E-state index in [4.69, 9.17) is 9.15 Å². The fourth-order valence-electron chi connectivity index (χ4n) is 2.32. The largest absolute Gasteiger partial charge is 0.467 e. The van der Waals surface area contributed by atoms with Gasteiger partial charge in [0.05, 0.1) is 6.26 Å². The minimum atomic E-state index is 0.337. The molecule has 0 fully saturated rings. The smallest absolute Gasteiger partial charge is 0.191 e. The lowest BCUT2D eigenvalue weighted by molar-refractivity contribution is 0.105. The van der Waals surface area contributed by atoms with Gasteiger partial charge in [0.1, 0.15) is 12.4 Å². The molecule has 0 bridgehead atoms. The van der Waals surface area contributed by atoms with Gasteiger partial charge in [-0.2, -0.15) is 0 Å². The minimum absolute atomic E-state index is 0.337. The zero-order chi connectivity index (χ0) is 17.2. The Morgan fingerprint density at radius 1 is 1.38 bits per heavy atom. The van der Waals surface area contributed by atoms with Gasteiger partial charge < -0.3 is 19.8 Å². The van der Waals surface area contributed by atoms with Crippen molar-refractivity contribution in [2.45, 2.75) is 39.3 Å². The van der Waals surface area contributed by atoms with Gasteiger partial charge in [0, 0.05) is 42.4 Å². The third-order valence-electron chi connectivity index (χ3n) is 3.49. The van der Waals surface area contributed by atoms with E-state index in [0.717, 1.165) is 31.1 Å². The summed E-state index contributed by atoms with van der Waals surface area (Å²) in [6, 6.07) is 8.49. The van der Waals surface area contributed by atoms with Gasteiger partial charge >= 0.3 is 0 Å². The lowest BCUT2D eigenvalue weighted by Crippen LogP contribution is -2.43. The molecule has 0 aliphatic heterocycles. The summed E-state index contributed by atoms with van der Waals surface area (Å²) < 4.78 is 10.8. The van der Waals surface area contributed by atoms with Crippen LogP contribution in [0.5, 0.6) is 0 Å². The summed E-state index contributed by atoms with van der Waals surface area (Å²) in [5.41, 5.74) is 0. The molecule has 2 aromatic rings. The fraction of sp³-hybridized carbons (Fsp3) is 0.500. The molecule has 5 nitrogen and oxygen atoms in total. The maximum atomic E-state index is 5.56. The number of hydrogen-bond donors (Lipinski definition) is 2. The summed E-state index contributed by atoms with van der Waals surface area (Å²) in [6.45, 7) is 6.35. The summed E-state index contributed by atoms with van der Waals surface area (Å²) in [7, 11) is 1.80. The van der Waals surface area contributed by atoms with Gasteiger partial charge in [-0.25, -0.2) is 0 Å². The summed E-state index contributed by atoms with van der Waals surface area (Å²) in [5, 5.41) is 6.75. The van der Waals surface area contributed by atoms with E-state index < -0.39 is 0 Å². The first-order valence-electron chi connectivity index (χ1n) is 8.30. The van der Waals surface area contributed by atoms with Crippen LogP contribution in [-0.2, 0) is 17.8 Å². The molecule has 2 rings (SSSR count). The Labute approximate surface area is 148 Å². The van der Waals surface area contributed by atoms with E-state index >= 15 is 0 Å². The SMILES string of the molecule is CN=C(NCCCOCc1ccco1)NC(C)Cc1ccc(C)s1.